The highest BCUT2D eigenvalue weighted by Crippen LogP contribution is 2.46. The highest BCUT2D eigenvalue weighted by atomic mass is 14.7. The van der Waals surface area contributed by atoms with E-state index in [1.54, 1.807) is 0 Å². The zero-order valence-electron chi connectivity index (χ0n) is 22.5. The molecule has 1 aliphatic carbocycles. The quantitative estimate of drug-likeness (QED) is 0.216. The van der Waals surface area contributed by atoms with Crippen molar-refractivity contribution < 1.29 is 0 Å². The molecule has 0 saturated carbocycles. The molecule has 0 fully saturated rings. The van der Waals surface area contributed by atoms with Gasteiger partial charge in [-0.05, 0) is 56.3 Å². The van der Waals surface area contributed by atoms with Crippen LogP contribution in [0.3, 0.4) is 0 Å². The van der Waals surface area contributed by atoms with Crippen LogP contribution in [0.2, 0.25) is 0 Å². The number of pyridine rings is 2. The van der Waals surface area contributed by atoms with Crippen molar-refractivity contribution in [3.63, 3.8) is 0 Å². The molecule has 8 rings (SSSR count). The molecule has 1 unspecified atom stereocenters. The SMILES string of the molecule is C=C1c2ccc3ccccc3c2C(c2ccccc2)=CC1c1ccc(-c2ccc3ccc4cccnc4c3n2)cc1. The van der Waals surface area contributed by atoms with E-state index in [0.29, 0.717) is 0 Å². The molecule has 7 aromatic rings. The van der Waals surface area contributed by atoms with Crippen LogP contribution in [-0.2, 0) is 0 Å². The number of hydrogen-bond donors (Lipinski definition) is 0. The molecule has 0 amide bonds. The van der Waals surface area contributed by atoms with Gasteiger partial charge in [0.25, 0.3) is 0 Å². The van der Waals surface area contributed by atoms with Gasteiger partial charge in [0, 0.05) is 28.5 Å². The van der Waals surface area contributed by atoms with E-state index in [1.165, 1.54) is 38.6 Å². The lowest BCUT2D eigenvalue weighted by molar-refractivity contribution is 1.09. The molecule has 192 valence electrons. The molecule has 5 aromatic carbocycles. The Kier molecular flexibility index (Phi) is 5.39. The average Bonchev–Trinajstić information content (AvgIpc) is 3.05. The maximum absolute atomic E-state index is 5.05. The van der Waals surface area contributed by atoms with E-state index in [1.807, 2.05) is 12.3 Å². The first-order valence-corrected chi connectivity index (χ1v) is 14.0. The lowest BCUT2D eigenvalue weighted by Crippen LogP contribution is -2.09. The summed E-state index contributed by atoms with van der Waals surface area (Å²) in [4.78, 5) is 9.67. The highest BCUT2D eigenvalue weighted by Gasteiger charge is 2.26. The fraction of sp³-hybridized carbons (Fsp3) is 0.0256. The summed E-state index contributed by atoms with van der Waals surface area (Å²) in [6.45, 7) is 4.63. The molecule has 1 aliphatic rings. The van der Waals surface area contributed by atoms with E-state index in [2.05, 4.69) is 139 Å². The molecule has 0 spiro atoms. The second-order valence-electron chi connectivity index (χ2n) is 10.7. The van der Waals surface area contributed by atoms with Crippen LogP contribution in [0, 0.1) is 0 Å². The molecule has 0 saturated heterocycles. The first-order chi connectivity index (χ1) is 20.2. The summed E-state index contributed by atoms with van der Waals surface area (Å²) >= 11 is 0. The Hall–Kier alpha value is -5.34. The Morgan fingerprint density at radius 3 is 2.12 bits per heavy atom. The number of rotatable bonds is 3. The van der Waals surface area contributed by atoms with Crippen molar-refractivity contribution in [3.8, 4) is 11.3 Å². The van der Waals surface area contributed by atoms with Gasteiger partial charge in [0.05, 0.1) is 16.7 Å². The van der Waals surface area contributed by atoms with Crippen molar-refractivity contribution >= 4 is 43.7 Å². The van der Waals surface area contributed by atoms with Gasteiger partial charge in [-0.1, -0.05) is 128 Å². The molecule has 2 heterocycles. The maximum Gasteiger partial charge on any atom is 0.0972 e. The fourth-order valence-corrected chi connectivity index (χ4v) is 6.25. The van der Waals surface area contributed by atoms with Gasteiger partial charge in [-0.2, -0.15) is 0 Å². The van der Waals surface area contributed by atoms with Crippen molar-refractivity contribution in [1.82, 2.24) is 9.97 Å². The molecule has 2 nitrogen and oxygen atoms in total. The van der Waals surface area contributed by atoms with Crippen molar-refractivity contribution in [2.45, 2.75) is 5.92 Å². The molecular formula is C39H26N2. The van der Waals surface area contributed by atoms with Gasteiger partial charge in [0.2, 0.25) is 0 Å². The summed E-state index contributed by atoms with van der Waals surface area (Å²) in [5.74, 6) is 0.0747. The lowest BCUT2D eigenvalue weighted by atomic mass is 9.75. The second kappa shape index (κ2) is 9.39. The van der Waals surface area contributed by atoms with E-state index in [0.717, 1.165) is 38.6 Å². The van der Waals surface area contributed by atoms with E-state index < -0.39 is 0 Å². The third-order valence-corrected chi connectivity index (χ3v) is 8.34. The van der Waals surface area contributed by atoms with E-state index in [4.69, 9.17) is 4.98 Å². The normalized spacial score (nSPS) is 14.8. The predicted molar refractivity (Wildman–Crippen MR) is 172 cm³/mol. The van der Waals surface area contributed by atoms with Crippen molar-refractivity contribution in [2.24, 2.45) is 0 Å². The average molecular weight is 523 g/mol. The Bertz CT molecular complexity index is 2160. The van der Waals surface area contributed by atoms with Gasteiger partial charge in [-0.15, -0.1) is 0 Å². The minimum absolute atomic E-state index is 0.0747. The minimum Gasteiger partial charge on any atom is -0.254 e. The Balaban J connectivity index is 1.23. The Morgan fingerprint density at radius 2 is 1.27 bits per heavy atom. The summed E-state index contributed by atoms with van der Waals surface area (Å²) in [5.41, 5.74) is 11.2. The third kappa shape index (κ3) is 3.88. The topological polar surface area (TPSA) is 25.8 Å². The number of nitrogens with zero attached hydrogens (tertiary/aromatic N) is 2. The number of hydrogen-bond acceptors (Lipinski definition) is 2. The van der Waals surface area contributed by atoms with Gasteiger partial charge in [-0.25, -0.2) is 4.98 Å². The van der Waals surface area contributed by atoms with Crippen LogP contribution in [0.1, 0.15) is 28.2 Å². The summed E-state index contributed by atoms with van der Waals surface area (Å²) in [6.07, 6.45) is 4.23. The summed E-state index contributed by atoms with van der Waals surface area (Å²) in [7, 11) is 0. The van der Waals surface area contributed by atoms with Crippen LogP contribution in [0.15, 0.2) is 146 Å². The van der Waals surface area contributed by atoms with Crippen LogP contribution in [0.25, 0.3) is 55.0 Å². The summed E-state index contributed by atoms with van der Waals surface area (Å²) in [6, 6.07) is 45.1. The van der Waals surface area contributed by atoms with Gasteiger partial charge in [-0.3, -0.25) is 4.98 Å². The first kappa shape index (κ1) is 23.5. The standard InChI is InChI=1S/C39H26N2/c1-25-32-21-19-27-10-5-6-12-33(27)37(32)35(26-8-3-2-4-9-26)24-34(25)28-13-15-29(16-14-28)36-22-20-31-18-17-30-11-7-23-40-38(30)39(31)41-36/h2-24,34H,1H2. The van der Waals surface area contributed by atoms with Gasteiger partial charge in [0.15, 0.2) is 0 Å². The molecule has 2 heteroatoms. The van der Waals surface area contributed by atoms with Gasteiger partial charge < -0.3 is 0 Å². The Labute approximate surface area is 239 Å². The van der Waals surface area contributed by atoms with Gasteiger partial charge >= 0.3 is 0 Å². The highest BCUT2D eigenvalue weighted by molar-refractivity contribution is 6.06. The summed E-state index contributed by atoms with van der Waals surface area (Å²) in [5, 5.41) is 4.71. The zero-order chi connectivity index (χ0) is 27.3. The fourth-order valence-electron chi connectivity index (χ4n) is 6.25. The molecule has 41 heavy (non-hydrogen) atoms. The van der Waals surface area contributed by atoms with Crippen LogP contribution in [0.5, 0.6) is 0 Å². The minimum atomic E-state index is 0.0747. The third-order valence-electron chi connectivity index (χ3n) is 8.34. The molecule has 0 bridgehead atoms. The molecule has 2 aromatic heterocycles. The molecule has 0 N–H and O–H groups in total. The number of benzene rings is 5. The van der Waals surface area contributed by atoms with Crippen molar-refractivity contribution in [3.05, 3.63) is 168 Å². The number of aromatic nitrogens is 2. The second-order valence-corrected chi connectivity index (χ2v) is 10.7. The lowest BCUT2D eigenvalue weighted by Gasteiger charge is -2.29. The van der Waals surface area contributed by atoms with E-state index in [-0.39, 0.29) is 5.92 Å². The van der Waals surface area contributed by atoms with Crippen LogP contribution in [-0.4, -0.2) is 9.97 Å². The van der Waals surface area contributed by atoms with E-state index in [9.17, 15) is 0 Å². The van der Waals surface area contributed by atoms with Crippen LogP contribution >= 0.6 is 0 Å². The van der Waals surface area contributed by atoms with Crippen molar-refractivity contribution in [1.29, 1.82) is 0 Å². The molecule has 0 aliphatic heterocycles. The number of fused-ring (bicyclic) bond motifs is 6. The van der Waals surface area contributed by atoms with Crippen molar-refractivity contribution in [2.75, 3.05) is 0 Å². The number of allylic oxidation sites excluding steroid dienone is 2. The monoisotopic (exact) mass is 522 g/mol. The predicted octanol–water partition coefficient (Wildman–Crippen LogP) is 9.85. The van der Waals surface area contributed by atoms with E-state index >= 15 is 0 Å². The maximum atomic E-state index is 5.05. The molecule has 1 atom stereocenters. The largest absolute Gasteiger partial charge is 0.254 e. The summed E-state index contributed by atoms with van der Waals surface area (Å²) < 4.78 is 0. The Morgan fingerprint density at radius 1 is 0.561 bits per heavy atom. The zero-order valence-corrected chi connectivity index (χ0v) is 22.5. The van der Waals surface area contributed by atoms with Gasteiger partial charge in [0.1, 0.15) is 0 Å². The molecular weight excluding hydrogens is 496 g/mol. The first-order valence-electron chi connectivity index (χ1n) is 14.0. The smallest absolute Gasteiger partial charge is 0.0972 e. The molecule has 0 radical (unpaired) electrons. The van der Waals surface area contributed by atoms with Crippen LogP contribution < -0.4 is 0 Å². The van der Waals surface area contributed by atoms with Crippen LogP contribution in [0.4, 0.5) is 0 Å².